The highest BCUT2D eigenvalue weighted by Gasteiger charge is 2.13. The van der Waals surface area contributed by atoms with Gasteiger partial charge in [-0.25, -0.2) is 13.7 Å². The molecule has 0 spiro atoms. The third-order valence-corrected chi connectivity index (χ3v) is 6.77. The van der Waals surface area contributed by atoms with Gasteiger partial charge >= 0.3 is 6.03 Å². The van der Waals surface area contributed by atoms with Crippen molar-refractivity contribution in [1.29, 1.82) is 0 Å². The maximum Gasteiger partial charge on any atom is 0.343 e. The molecule has 184 valence electrons. The third-order valence-electron chi connectivity index (χ3n) is 5.78. The van der Waals surface area contributed by atoms with Gasteiger partial charge in [-0.1, -0.05) is 83.9 Å². The Morgan fingerprint density at radius 3 is 2.00 bits per heavy atom. The van der Waals surface area contributed by atoms with Gasteiger partial charge in [0.25, 0.3) is 0 Å². The molecule has 0 radical (unpaired) electrons. The van der Waals surface area contributed by atoms with Crippen LogP contribution in [0.1, 0.15) is 16.7 Å². The smallest absolute Gasteiger partial charge is 0.332 e. The third kappa shape index (κ3) is 5.85. The molecule has 0 saturated heterocycles. The van der Waals surface area contributed by atoms with E-state index >= 15 is 0 Å². The minimum Gasteiger partial charge on any atom is -0.332 e. The van der Waals surface area contributed by atoms with E-state index in [9.17, 15) is 4.79 Å². The van der Waals surface area contributed by atoms with Crippen LogP contribution in [0.2, 0.25) is 0 Å². The van der Waals surface area contributed by atoms with Gasteiger partial charge < -0.3 is 5.32 Å². The van der Waals surface area contributed by atoms with E-state index < -0.39 is 6.03 Å². The molecule has 0 aliphatic heterocycles. The van der Waals surface area contributed by atoms with E-state index in [1.807, 2.05) is 93.5 Å². The predicted molar refractivity (Wildman–Crippen MR) is 148 cm³/mol. The van der Waals surface area contributed by atoms with E-state index in [0.717, 1.165) is 28.2 Å². The Balaban J connectivity index is 1.70. The molecule has 1 N–H and O–H groups in total. The Bertz CT molecular complexity index is 1630. The quantitative estimate of drug-likeness (QED) is 0.313. The van der Waals surface area contributed by atoms with Crippen LogP contribution in [0.5, 0.6) is 0 Å². The van der Waals surface area contributed by atoms with Gasteiger partial charge in [0.1, 0.15) is 0 Å². The van der Waals surface area contributed by atoms with Gasteiger partial charge in [0.15, 0.2) is 0 Å². The van der Waals surface area contributed by atoms with Crippen molar-refractivity contribution in [2.45, 2.75) is 20.4 Å². The van der Waals surface area contributed by atoms with Crippen molar-refractivity contribution in [3.8, 4) is 11.4 Å². The summed E-state index contributed by atoms with van der Waals surface area (Å²) in [5.41, 5.74) is 6.62. The standard InChI is InChI=1S/C30H27N5OS/c1-22-13-17-25(18-14-22)32-29-34(26-11-7-4-8-12-26)30(37-35(29)27-19-15-23(2)16-20-27)33-28(36)31-21-24-9-5-3-6-10-24/h3-20H,21H2,1-2H3,(H,31,36)/b32-29?,33-30-. The summed E-state index contributed by atoms with van der Waals surface area (Å²) in [5, 5.41) is 2.91. The van der Waals surface area contributed by atoms with Crippen molar-refractivity contribution in [1.82, 2.24) is 13.8 Å². The summed E-state index contributed by atoms with van der Waals surface area (Å²) in [7, 11) is 0. The first-order valence-electron chi connectivity index (χ1n) is 12.0. The van der Waals surface area contributed by atoms with Crippen LogP contribution in [-0.2, 0) is 6.54 Å². The van der Waals surface area contributed by atoms with Crippen LogP contribution < -0.4 is 15.7 Å². The Morgan fingerprint density at radius 2 is 1.35 bits per heavy atom. The normalized spacial score (nSPS) is 12.1. The van der Waals surface area contributed by atoms with Gasteiger partial charge in [-0.15, -0.1) is 0 Å². The lowest BCUT2D eigenvalue weighted by Crippen LogP contribution is -2.30. The first kappa shape index (κ1) is 24.2. The van der Waals surface area contributed by atoms with Crippen molar-refractivity contribution in [2.24, 2.45) is 9.98 Å². The Morgan fingerprint density at radius 1 is 0.757 bits per heavy atom. The number of para-hydroxylation sites is 1. The van der Waals surface area contributed by atoms with Crippen LogP contribution in [0.3, 0.4) is 0 Å². The molecule has 0 atom stereocenters. The van der Waals surface area contributed by atoms with Gasteiger partial charge in [0.2, 0.25) is 10.4 Å². The number of aryl methyl sites for hydroxylation is 2. The van der Waals surface area contributed by atoms with E-state index in [1.165, 1.54) is 17.1 Å². The van der Waals surface area contributed by atoms with E-state index in [-0.39, 0.29) is 0 Å². The summed E-state index contributed by atoms with van der Waals surface area (Å²) in [5.74, 6) is 0. The largest absolute Gasteiger partial charge is 0.343 e. The monoisotopic (exact) mass is 505 g/mol. The van der Waals surface area contributed by atoms with Crippen LogP contribution in [0.15, 0.2) is 119 Å². The molecule has 0 saturated carbocycles. The molecule has 5 aromatic rings. The van der Waals surface area contributed by atoms with Crippen LogP contribution in [0, 0.1) is 13.8 Å². The molecule has 1 heterocycles. The fourth-order valence-electron chi connectivity index (χ4n) is 3.79. The zero-order valence-corrected chi connectivity index (χ0v) is 21.5. The van der Waals surface area contributed by atoms with Crippen molar-refractivity contribution in [2.75, 3.05) is 0 Å². The molecule has 2 amide bonds. The highest BCUT2D eigenvalue weighted by molar-refractivity contribution is 7.03. The van der Waals surface area contributed by atoms with E-state index in [4.69, 9.17) is 4.99 Å². The molecule has 7 heteroatoms. The molecule has 6 nitrogen and oxygen atoms in total. The molecule has 0 aliphatic rings. The van der Waals surface area contributed by atoms with Gasteiger partial charge in [-0.05, 0) is 67.3 Å². The van der Waals surface area contributed by atoms with E-state index in [2.05, 4.69) is 48.4 Å². The summed E-state index contributed by atoms with van der Waals surface area (Å²) in [6, 6.07) is 35.5. The number of urea groups is 1. The van der Waals surface area contributed by atoms with Crippen molar-refractivity contribution >= 4 is 23.3 Å². The van der Waals surface area contributed by atoms with Crippen LogP contribution >= 0.6 is 11.5 Å². The Hall–Kier alpha value is -4.49. The van der Waals surface area contributed by atoms with Gasteiger partial charge in [0, 0.05) is 6.54 Å². The number of hydrogen-bond acceptors (Lipinski definition) is 3. The Labute approximate surface area is 219 Å². The Kier molecular flexibility index (Phi) is 7.23. The molecule has 1 aromatic heterocycles. The fourth-order valence-corrected chi connectivity index (χ4v) is 4.78. The molecule has 5 rings (SSSR count). The first-order valence-corrected chi connectivity index (χ1v) is 12.8. The average Bonchev–Trinajstić information content (AvgIpc) is 3.27. The predicted octanol–water partition coefficient (Wildman–Crippen LogP) is 5.99. The highest BCUT2D eigenvalue weighted by Crippen LogP contribution is 2.15. The van der Waals surface area contributed by atoms with Crippen LogP contribution in [0.25, 0.3) is 11.4 Å². The molecule has 0 unspecified atom stereocenters. The second-order valence-electron chi connectivity index (χ2n) is 8.68. The lowest BCUT2D eigenvalue weighted by atomic mass is 10.2. The molecule has 0 fully saturated rings. The number of nitrogens with zero attached hydrogens (tertiary/aromatic N) is 4. The number of amides is 2. The van der Waals surface area contributed by atoms with Crippen molar-refractivity contribution < 1.29 is 4.79 Å². The zero-order valence-electron chi connectivity index (χ0n) is 20.7. The van der Waals surface area contributed by atoms with Gasteiger partial charge in [-0.2, -0.15) is 4.99 Å². The molecule has 37 heavy (non-hydrogen) atoms. The van der Waals surface area contributed by atoms with Crippen LogP contribution in [0.4, 0.5) is 10.5 Å². The number of rotatable bonds is 5. The summed E-state index contributed by atoms with van der Waals surface area (Å²) >= 11 is 1.37. The molecular weight excluding hydrogens is 478 g/mol. The SMILES string of the molecule is Cc1ccc(N=c2n(-c3ccc(C)cc3)s/c(=N\C(=O)NCc3ccccc3)n2-c2ccccc2)cc1. The minimum absolute atomic E-state index is 0.401. The lowest BCUT2D eigenvalue weighted by Gasteiger charge is -2.06. The average molecular weight is 506 g/mol. The summed E-state index contributed by atoms with van der Waals surface area (Å²) in [6.07, 6.45) is 0. The van der Waals surface area contributed by atoms with E-state index in [0.29, 0.717) is 17.0 Å². The second kappa shape index (κ2) is 11.1. The fraction of sp³-hybridized carbons (Fsp3) is 0.100. The number of benzene rings is 4. The minimum atomic E-state index is -0.410. The molecular formula is C30H27N5OS. The van der Waals surface area contributed by atoms with Crippen molar-refractivity contribution in [3.05, 3.63) is 136 Å². The maximum absolute atomic E-state index is 12.9. The van der Waals surface area contributed by atoms with E-state index in [1.54, 1.807) is 0 Å². The van der Waals surface area contributed by atoms with Gasteiger partial charge in [-0.3, -0.25) is 4.57 Å². The molecule has 0 bridgehead atoms. The number of carbonyl (C=O) groups is 1. The molecule has 4 aromatic carbocycles. The number of nitrogens with one attached hydrogen (secondary N) is 1. The molecule has 0 aliphatic carbocycles. The number of hydrogen-bond donors (Lipinski definition) is 1. The van der Waals surface area contributed by atoms with Crippen LogP contribution in [-0.4, -0.2) is 14.6 Å². The van der Waals surface area contributed by atoms with Crippen molar-refractivity contribution in [3.63, 3.8) is 0 Å². The maximum atomic E-state index is 12.9. The topological polar surface area (TPSA) is 63.7 Å². The summed E-state index contributed by atoms with van der Waals surface area (Å²) in [4.78, 5) is 23.0. The lowest BCUT2D eigenvalue weighted by molar-refractivity contribution is 0.248. The second-order valence-corrected chi connectivity index (χ2v) is 9.59. The number of carbonyl (C=O) groups excluding carboxylic acids is 1. The highest BCUT2D eigenvalue weighted by atomic mass is 32.1. The summed E-state index contributed by atoms with van der Waals surface area (Å²) < 4.78 is 3.93. The zero-order chi connectivity index (χ0) is 25.6. The summed E-state index contributed by atoms with van der Waals surface area (Å²) in [6.45, 7) is 4.51. The first-order chi connectivity index (χ1) is 18.1. The number of aromatic nitrogens is 2. The van der Waals surface area contributed by atoms with Gasteiger partial charge in [0.05, 0.1) is 17.1 Å².